The smallest absolute Gasteiger partial charge is 0.422 e. The molecule has 0 bridgehead atoms. The van der Waals surface area contributed by atoms with E-state index in [0.717, 1.165) is 17.8 Å². The van der Waals surface area contributed by atoms with Crippen LogP contribution in [0.4, 0.5) is 13.2 Å². The highest BCUT2D eigenvalue weighted by Gasteiger charge is 2.29. The minimum Gasteiger partial charge on any atom is -0.467 e. The SMILES string of the molecule is O=C(NOCc1ccccc1)c1cnc(OCC(F)(F)F)c(Cl)c1. The molecule has 0 saturated carbocycles. The maximum absolute atomic E-state index is 12.1. The number of hydrogen-bond donors (Lipinski definition) is 1. The van der Waals surface area contributed by atoms with Gasteiger partial charge in [0.25, 0.3) is 5.91 Å². The van der Waals surface area contributed by atoms with Crippen LogP contribution in [0.3, 0.4) is 0 Å². The van der Waals surface area contributed by atoms with E-state index in [-0.39, 0.29) is 17.2 Å². The van der Waals surface area contributed by atoms with Crippen LogP contribution in [0.2, 0.25) is 5.02 Å². The summed E-state index contributed by atoms with van der Waals surface area (Å²) in [6, 6.07) is 10.3. The molecule has 0 fully saturated rings. The Morgan fingerprint density at radius 1 is 1.25 bits per heavy atom. The van der Waals surface area contributed by atoms with Crippen LogP contribution in [0.1, 0.15) is 15.9 Å². The van der Waals surface area contributed by atoms with Gasteiger partial charge < -0.3 is 4.74 Å². The molecule has 2 rings (SSSR count). The molecule has 0 spiro atoms. The van der Waals surface area contributed by atoms with E-state index in [1.807, 2.05) is 30.3 Å². The predicted octanol–water partition coefficient (Wildman–Crippen LogP) is 3.54. The summed E-state index contributed by atoms with van der Waals surface area (Å²) in [7, 11) is 0. The molecule has 5 nitrogen and oxygen atoms in total. The number of pyridine rings is 1. The lowest BCUT2D eigenvalue weighted by atomic mass is 10.2. The van der Waals surface area contributed by atoms with Crippen LogP contribution in [-0.2, 0) is 11.4 Å². The van der Waals surface area contributed by atoms with Gasteiger partial charge in [0.15, 0.2) is 6.61 Å². The van der Waals surface area contributed by atoms with Crippen molar-refractivity contribution in [2.24, 2.45) is 0 Å². The molecule has 0 atom stereocenters. The molecule has 1 aromatic carbocycles. The fourth-order valence-corrected chi connectivity index (χ4v) is 1.84. The topological polar surface area (TPSA) is 60.5 Å². The van der Waals surface area contributed by atoms with Gasteiger partial charge >= 0.3 is 6.18 Å². The largest absolute Gasteiger partial charge is 0.467 e. The van der Waals surface area contributed by atoms with E-state index in [4.69, 9.17) is 16.4 Å². The second-order valence-electron chi connectivity index (χ2n) is 4.62. The van der Waals surface area contributed by atoms with Crippen molar-refractivity contribution < 1.29 is 27.5 Å². The van der Waals surface area contributed by atoms with E-state index in [1.54, 1.807) is 0 Å². The third-order valence-corrected chi connectivity index (χ3v) is 2.96. The molecule has 128 valence electrons. The van der Waals surface area contributed by atoms with Crippen LogP contribution in [0, 0.1) is 0 Å². The molecule has 0 aliphatic heterocycles. The highest BCUT2D eigenvalue weighted by molar-refractivity contribution is 6.32. The Labute approximate surface area is 140 Å². The van der Waals surface area contributed by atoms with E-state index in [9.17, 15) is 18.0 Å². The molecule has 0 aliphatic carbocycles. The van der Waals surface area contributed by atoms with E-state index < -0.39 is 24.6 Å². The molecule has 24 heavy (non-hydrogen) atoms. The first-order chi connectivity index (χ1) is 11.3. The number of nitrogens with one attached hydrogen (secondary N) is 1. The first kappa shape index (κ1) is 18.0. The van der Waals surface area contributed by atoms with Crippen LogP contribution in [0.15, 0.2) is 42.6 Å². The molecule has 1 aromatic heterocycles. The number of halogens is 4. The van der Waals surface area contributed by atoms with Crippen molar-refractivity contribution in [1.82, 2.24) is 10.5 Å². The number of aromatic nitrogens is 1. The van der Waals surface area contributed by atoms with Gasteiger partial charge in [-0.15, -0.1) is 0 Å². The Hall–Kier alpha value is -2.32. The van der Waals surface area contributed by atoms with Gasteiger partial charge in [0, 0.05) is 6.20 Å². The summed E-state index contributed by atoms with van der Waals surface area (Å²) in [4.78, 5) is 20.5. The summed E-state index contributed by atoms with van der Waals surface area (Å²) < 4.78 is 40.7. The molecular formula is C15H12ClF3N2O3. The molecule has 0 radical (unpaired) electrons. The van der Waals surface area contributed by atoms with Gasteiger partial charge in [0.2, 0.25) is 5.88 Å². The standard InChI is InChI=1S/C15H12ClF3N2O3/c16-12-6-11(7-20-14(12)23-9-15(17,18)19)13(22)21-24-8-10-4-2-1-3-5-10/h1-7H,8-9H2,(H,21,22). The quantitative estimate of drug-likeness (QED) is 0.800. The summed E-state index contributed by atoms with van der Waals surface area (Å²) >= 11 is 5.76. The summed E-state index contributed by atoms with van der Waals surface area (Å²) in [5.74, 6) is -1.04. The molecule has 2 aromatic rings. The number of carbonyl (C=O) groups is 1. The van der Waals surface area contributed by atoms with Gasteiger partial charge in [0.1, 0.15) is 5.02 Å². The fourth-order valence-electron chi connectivity index (χ4n) is 1.62. The number of carbonyl (C=O) groups excluding carboxylic acids is 1. The van der Waals surface area contributed by atoms with Crippen molar-refractivity contribution in [3.63, 3.8) is 0 Å². The summed E-state index contributed by atoms with van der Waals surface area (Å²) in [5.41, 5.74) is 3.06. The third-order valence-electron chi connectivity index (χ3n) is 2.69. The molecule has 9 heteroatoms. The van der Waals surface area contributed by atoms with Crippen LogP contribution in [0.5, 0.6) is 5.88 Å². The monoisotopic (exact) mass is 360 g/mol. The van der Waals surface area contributed by atoms with Crippen molar-refractivity contribution in [2.75, 3.05) is 6.61 Å². The normalized spacial score (nSPS) is 11.2. The Morgan fingerprint density at radius 3 is 2.58 bits per heavy atom. The van der Waals surface area contributed by atoms with Crippen molar-refractivity contribution in [1.29, 1.82) is 0 Å². The van der Waals surface area contributed by atoms with E-state index in [1.165, 1.54) is 0 Å². The summed E-state index contributed by atoms with van der Waals surface area (Å²) in [6.07, 6.45) is -3.47. The Balaban J connectivity index is 1.89. The molecule has 1 N–H and O–H groups in total. The van der Waals surface area contributed by atoms with E-state index in [0.29, 0.717) is 0 Å². The number of amides is 1. The third kappa shape index (κ3) is 5.71. The second-order valence-corrected chi connectivity index (χ2v) is 5.03. The van der Waals surface area contributed by atoms with Gasteiger partial charge in [-0.25, -0.2) is 10.5 Å². The summed E-state index contributed by atoms with van der Waals surface area (Å²) in [6.45, 7) is -1.37. The maximum atomic E-state index is 12.1. The van der Waals surface area contributed by atoms with E-state index >= 15 is 0 Å². The minimum atomic E-state index is -4.51. The van der Waals surface area contributed by atoms with Crippen molar-refractivity contribution in [3.8, 4) is 5.88 Å². The number of rotatable bonds is 6. The highest BCUT2D eigenvalue weighted by Crippen LogP contribution is 2.24. The van der Waals surface area contributed by atoms with Gasteiger partial charge in [-0.2, -0.15) is 13.2 Å². The fraction of sp³-hybridized carbons (Fsp3) is 0.200. The number of hydroxylamine groups is 1. The molecule has 0 saturated heterocycles. The van der Waals surface area contributed by atoms with E-state index in [2.05, 4.69) is 15.2 Å². The first-order valence-electron chi connectivity index (χ1n) is 6.66. The van der Waals surface area contributed by atoms with Gasteiger partial charge in [0.05, 0.1) is 12.2 Å². The van der Waals surface area contributed by atoms with Gasteiger partial charge in [-0.05, 0) is 11.6 Å². The van der Waals surface area contributed by atoms with Crippen molar-refractivity contribution in [3.05, 3.63) is 58.7 Å². The number of hydrogen-bond acceptors (Lipinski definition) is 4. The van der Waals surface area contributed by atoms with Gasteiger partial charge in [-0.3, -0.25) is 9.63 Å². The lowest BCUT2D eigenvalue weighted by Gasteiger charge is -2.10. The molecule has 1 heterocycles. The predicted molar refractivity (Wildman–Crippen MR) is 79.5 cm³/mol. The number of nitrogens with zero attached hydrogens (tertiary/aromatic N) is 1. The van der Waals surface area contributed by atoms with Crippen LogP contribution < -0.4 is 10.2 Å². The average molecular weight is 361 g/mol. The zero-order valence-corrected chi connectivity index (χ0v) is 12.9. The molecule has 1 amide bonds. The number of benzene rings is 1. The lowest BCUT2D eigenvalue weighted by molar-refractivity contribution is -0.154. The number of ether oxygens (including phenoxy) is 1. The zero-order valence-electron chi connectivity index (χ0n) is 12.1. The van der Waals surface area contributed by atoms with Crippen molar-refractivity contribution in [2.45, 2.75) is 12.8 Å². The molecular weight excluding hydrogens is 349 g/mol. The molecule has 0 aliphatic rings. The lowest BCUT2D eigenvalue weighted by Crippen LogP contribution is -2.24. The Morgan fingerprint density at radius 2 is 1.96 bits per heavy atom. The van der Waals surface area contributed by atoms with Crippen LogP contribution in [-0.4, -0.2) is 23.7 Å². The average Bonchev–Trinajstić information content (AvgIpc) is 2.53. The van der Waals surface area contributed by atoms with Gasteiger partial charge in [-0.1, -0.05) is 41.9 Å². The maximum Gasteiger partial charge on any atom is 0.422 e. The summed E-state index contributed by atoms with van der Waals surface area (Å²) in [5, 5.41) is -0.213. The second kappa shape index (κ2) is 7.98. The molecule has 0 unspecified atom stereocenters. The van der Waals surface area contributed by atoms with Crippen molar-refractivity contribution >= 4 is 17.5 Å². The van der Waals surface area contributed by atoms with Crippen LogP contribution >= 0.6 is 11.6 Å². The first-order valence-corrected chi connectivity index (χ1v) is 7.04. The Kier molecular flexibility index (Phi) is 5.99. The zero-order chi connectivity index (χ0) is 17.6. The minimum absolute atomic E-state index is 0.0208. The highest BCUT2D eigenvalue weighted by atomic mass is 35.5. The van der Waals surface area contributed by atoms with Crippen LogP contribution in [0.25, 0.3) is 0 Å². The Bertz CT molecular complexity index is 696. The number of alkyl halides is 3.